The summed E-state index contributed by atoms with van der Waals surface area (Å²) in [6, 6.07) is 1.51. The lowest BCUT2D eigenvalue weighted by Gasteiger charge is -2.35. The summed E-state index contributed by atoms with van der Waals surface area (Å²) >= 11 is 0. The normalized spacial score (nSPS) is 15.1. The van der Waals surface area contributed by atoms with E-state index in [0.717, 1.165) is 17.3 Å². The van der Waals surface area contributed by atoms with Gasteiger partial charge >= 0.3 is 5.25 Å². The van der Waals surface area contributed by atoms with Gasteiger partial charge in [0.1, 0.15) is 24.3 Å². The molecule has 0 bridgehead atoms. The lowest BCUT2D eigenvalue weighted by Crippen LogP contribution is -2.54. The molecule has 0 unspecified atom stereocenters. The Labute approximate surface area is 141 Å². The molecule has 1 atom stereocenters. The summed E-state index contributed by atoms with van der Waals surface area (Å²) in [6.45, 7) is 0.258. The third-order valence-electron chi connectivity index (χ3n) is 3.58. The summed E-state index contributed by atoms with van der Waals surface area (Å²) in [5.41, 5.74) is -4.58. The number of halogens is 4. The lowest BCUT2D eigenvalue weighted by molar-refractivity contribution is -0.145. The molecule has 0 aliphatic carbocycles. The van der Waals surface area contributed by atoms with Crippen LogP contribution in [-0.2, 0) is 22.0 Å². The minimum atomic E-state index is -5.15. The van der Waals surface area contributed by atoms with Gasteiger partial charge < -0.3 is 5.11 Å². The summed E-state index contributed by atoms with van der Waals surface area (Å²) in [5.74, 6) is -3.50. The molecular weight excluding hydrogens is 366 g/mol. The minimum absolute atomic E-state index is 0.136. The van der Waals surface area contributed by atoms with E-state index in [9.17, 15) is 31.1 Å². The maximum Gasteiger partial charge on any atom is 0.379 e. The molecule has 1 aromatic heterocycles. The zero-order valence-electron chi connectivity index (χ0n) is 13.0. The van der Waals surface area contributed by atoms with Crippen LogP contribution in [0, 0.1) is 11.6 Å². The van der Waals surface area contributed by atoms with Crippen molar-refractivity contribution >= 4 is 9.84 Å². The van der Waals surface area contributed by atoms with E-state index < -0.39 is 50.2 Å². The van der Waals surface area contributed by atoms with Crippen molar-refractivity contribution in [2.75, 3.05) is 5.75 Å². The van der Waals surface area contributed by atoms with E-state index in [4.69, 9.17) is 0 Å². The molecule has 1 heterocycles. The average molecular weight is 381 g/mol. The molecule has 2 rings (SSSR count). The van der Waals surface area contributed by atoms with Crippen LogP contribution in [0.4, 0.5) is 17.6 Å². The first kappa shape index (κ1) is 19.3. The maximum absolute atomic E-state index is 14.8. The summed E-state index contributed by atoms with van der Waals surface area (Å²) in [4.78, 5) is 3.51. The van der Waals surface area contributed by atoms with Crippen molar-refractivity contribution in [3.63, 3.8) is 0 Å². The maximum atomic E-state index is 14.8. The van der Waals surface area contributed by atoms with Gasteiger partial charge in [0, 0.05) is 11.6 Å². The molecule has 1 N–H and O–H groups in total. The molecule has 0 saturated carbocycles. The Morgan fingerprint density at radius 2 is 1.96 bits per heavy atom. The molecule has 2 aromatic rings. The SMILES string of the molecule is CCCS(=O)(=O)C(F)(F)[C@](O)(Cn1cncn1)c1ccc(F)cc1F. The van der Waals surface area contributed by atoms with Crippen molar-refractivity contribution in [3.8, 4) is 0 Å². The summed E-state index contributed by atoms with van der Waals surface area (Å²) in [7, 11) is -5.15. The molecule has 0 amide bonds. The number of benzene rings is 1. The largest absolute Gasteiger partial charge is 0.379 e. The molecule has 0 aliphatic rings. The second kappa shape index (κ2) is 6.71. The van der Waals surface area contributed by atoms with Gasteiger partial charge in [-0.3, -0.25) is 0 Å². The number of aliphatic hydroxyl groups is 1. The van der Waals surface area contributed by atoms with Gasteiger partial charge in [0.2, 0.25) is 9.84 Å². The number of rotatable bonds is 7. The highest BCUT2D eigenvalue weighted by atomic mass is 32.2. The average Bonchev–Trinajstić information content (AvgIpc) is 2.99. The molecule has 1 aromatic carbocycles. The van der Waals surface area contributed by atoms with Gasteiger partial charge in [-0.2, -0.15) is 13.9 Å². The Bertz CT molecular complexity index is 843. The fourth-order valence-electron chi connectivity index (χ4n) is 2.36. The van der Waals surface area contributed by atoms with Gasteiger partial charge in [0.05, 0.1) is 12.3 Å². The molecule has 0 fully saturated rings. The summed E-state index contributed by atoms with van der Waals surface area (Å²) in [5, 5.41) is 9.41. The van der Waals surface area contributed by atoms with Crippen molar-refractivity contribution in [2.45, 2.75) is 30.7 Å². The molecule has 11 heteroatoms. The van der Waals surface area contributed by atoms with E-state index >= 15 is 0 Å². The zero-order valence-corrected chi connectivity index (χ0v) is 13.9. The van der Waals surface area contributed by atoms with Crippen LogP contribution < -0.4 is 0 Å². The lowest BCUT2D eigenvalue weighted by atomic mass is 9.93. The number of hydrogen-bond donors (Lipinski definition) is 1. The Morgan fingerprint density at radius 3 is 2.48 bits per heavy atom. The monoisotopic (exact) mass is 381 g/mol. The van der Waals surface area contributed by atoms with Crippen molar-refractivity contribution in [1.82, 2.24) is 14.8 Å². The number of sulfone groups is 1. The molecule has 0 aliphatic heterocycles. The molecule has 6 nitrogen and oxygen atoms in total. The molecule has 138 valence electrons. The van der Waals surface area contributed by atoms with Crippen LogP contribution in [0.25, 0.3) is 0 Å². The van der Waals surface area contributed by atoms with Crippen molar-refractivity contribution in [2.24, 2.45) is 0 Å². The highest BCUT2D eigenvalue weighted by Crippen LogP contribution is 2.44. The third kappa shape index (κ3) is 3.38. The third-order valence-corrected chi connectivity index (χ3v) is 5.64. The van der Waals surface area contributed by atoms with Crippen LogP contribution in [0.5, 0.6) is 0 Å². The first-order valence-electron chi connectivity index (χ1n) is 7.15. The minimum Gasteiger partial charge on any atom is -0.376 e. The van der Waals surface area contributed by atoms with E-state index in [1.54, 1.807) is 0 Å². The van der Waals surface area contributed by atoms with Crippen LogP contribution in [0.1, 0.15) is 18.9 Å². The summed E-state index contributed by atoms with van der Waals surface area (Å²) < 4.78 is 81.7. The molecule has 0 radical (unpaired) electrons. The van der Waals surface area contributed by atoms with Crippen LogP contribution >= 0.6 is 0 Å². The van der Waals surface area contributed by atoms with Gasteiger partial charge in [0.25, 0.3) is 0 Å². The second-order valence-electron chi connectivity index (χ2n) is 5.41. The topological polar surface area (TPSA) is 85.1 Å². The van der Waals surface area contributed by atoms with E-state index in [1.807, 2.05) is 0 Å². The number of aromatic nitrogens is 3. The smallest absolute Gasteiger partial charge is 0.376 e. The fraction of sp³-hybridized carbons (Fsp3) is 0.429. The van der Waals surface area contributed by atoms with E-state index in [1.165, 1.54) is 6.92 Å². The van der Waals surface area contributed by atoms with Crippen LogP contribution in [0.15, 0.2) is 30.9 Å². The number of alkyl halides is 2. The quantitative estimate of drug-likeness (QED) is 0.740. The van der Waals surface area contributed by atoms with Gasteiger partial charge in [-0.25, -0.2) is 26.9 Å². The van der Waals surface area contributed by atoms with Crippen molar-refractivity contribution in [3.05, 3.63) is 48.1 Å². The fourth-order valence-corrected chi connectivity index (χ4v) is 3.84. The van der Waals surface area contributed by atoms with E-state index in [2.05, 4.69) is 10.1 Å². The Hall–Kier alpha value is -2.01. The molecule has 0 saturated heterocycles. The molecule has 0 spiro atoms. The van der Waals surface area contributed by atoms with E-state index in [-0.39, 0.29) is 12.5 Å². The Morgan fingerprint density at radius 1 is 1.28 bits per heavy atom. The first-order chi connectivity index (χ1) is 11.5. The predicted octanol–water partition coefficient (Wildman–Crippen LogP) is 1.86. The highest BCUT2D eigenvalue weighted by molar-refractivity contribution is 7.92. The summed E-state index contributed by atoms with van der Waals surface area (Å²) in [6.07, 6.45) is 1.79. The van der Waals surface area contributed by atoms with Gasteiger partial charge in [-0.15, -0.1) is 0 Å². The van der Waals surface area contributed by atoms with E-state index in [0.29, 0.717) is 12.1 Å². The van der Waals surface area contributed by atoms with Gasteiger partial charge in [0.15, 0.2) is 5.60 Å². The van der Waals surface area contributed by atoms with Crippen LogP contribution in [-0.4, -0.2) is 39.3 Å². The van der Waals surface area contributed by atoms with Crippen LogP contribution in [0.3, 0.4) is 0 Å². The predicted molar refractivity (Wildman–Crippen MR) is 79.3 cm³/mol. The Balaban J connectivity index is 2.67. The standard InChI is InChI=1S/C14H15F4N3O3S/c1-2-5-25(23,24)14(17,18)13(22,7-21-9-19-8-20-21)11-4-3-10(15)6-12(11)16/h3-4,6,8-9,22H,2,5,7H2,1H3/t13-/m0/s1. The first-order valence-corrected chi connectivity index (χ1v) is 8.81. The molecule has 25 heavy (non-hydrogen) atoms. The second-order valence-corrected chi connectivity index (χ2v) is 7.56. The van der Waals surface area contributed by atoms with Crippen molar-refractivity contribution < 1.29 is 31.1 Å². The number of hydrogen-bond acceptors (Lipinski definition) is 5. The highest BCUT2D eigenvalue weighted by Gasteiger charge is 2.63. The number of nitrogens with zero attached hydrogens (tertiary/aromatic N) is 3. The zero-order chi connectivity index (χ0) is 18.9. The Kier molecular flexibility index (Phi) is 5.19. The molecular formula is C14H15F4N3O3S. The van der Waals surface area contributed by atoms with Crippen LogP contribution in [0.2, 0.25) is 0 Å². The van der Waals surface area contributed by atoms with Gasteiger partial charge in [-0.05, 0) is 18.6 Å². The van der Waals surface area contributed by atoms with Gasteiger partial charge in [-0.1, -0.05) is 6.92 Å². The van der Waals surface area contributed by atoms with Crippen molar-refractivity contribution in [1.29, 1.82) is 0 Å².